The van der Waals surface area contributed by atoms with Crippen molar-refractivity contribution in [3.8, 4) is 22.9 Å². The van der Waals surface area contributed by atoms with E-state index in [1.807, 2.05) is 13.2 Å². The van der Waals surface area contributed by atoms with Gasteiger partial charge in [-0.05, 0) is 53.6 Å². The summed E-state index contributed by atoms with van der Waals surface area (Å²) in [6.07, 6.45) is 3.07. The van der Waals surface area contributed by atoms with Gasteiger partial charge in [-0.15, -0.1) is 0 Å². The summed E-state index contributed by atoms with van der Waals surface area (Å²) < 4.78 is 54.5. The number of fused-ring (bicyclic) bond motifs is 3. The van der Waals surface area contributed by atoms with Gasteiger partial charge in [0.15, 0.2) is 17.8 Å². The minimum atomic E-state index is -0.627. The molecule has 0 spiro atoms. The molecule has 2 aliphatic rings. The molecule has 0 aliphatic carbocycles. The summed E-state index contributed by atoms with van der Waals surface area (Å²) in [5.74, 6) is 0.280. The van der Waals surface area contributed by atoms with Crippen LogP contribution in [0.25, 0.3) is 32.9 Å². The summed E-state index contributed by atoms with van der Waals surface area (Å²) in [5, 5.41) is 2.13. The Hall–Kier alpha value is -3.28. The van der Waals surface area contributed by atoms with Crippen LogP contribution in [0.3, 0.4) is 0 Å². The number of methoxy groups -OCH3 is 1. The first-order chi connectivity index (χ1) is 19.0. The lowest BCUT2D eigenvalue weighted by Gasteiger charge is -2.28. The van der Waals surface area contributed by atoms with E-state index in [-0.39, 0.29) is 35.7 Å². The SMILES string of the molecule is CCc1c(F)ccc2cc(OCOC)cc(-c3nc4c5c(nc(SC)nc5c3F)N3CCCOC[C@H]3CO4)c12. The van der Waals surface area contributed by atoms with Crippen molar-refractivity contribution >= 4 is 39.3 Å². The van der Waals surface area contributed by atoms with Crippen LogP contribution in [0.15, 0.2) is 29.4 Å². The number of anilines is 1. The molecule has 2 aliphatic heterocycles. The molecule has 4 aromatic rings. The summed E-state index contributed by atoms with van der Waals surface area (Å²) in [6.45, 7) is 3.96. The molecule has 8 nitrogen and oxygen atoms in total. The molecule has 0 saturated carbocycles. The first-order valence-corrected chi connectivity index (χ1v) is 14.1. The summed E-state index contributed by atoms with van der Waals surface area (Å²) in [5.41, 5.74) is 0.978. The average molecular weight is 555 g/mol. The third kappa shape index (κ3) is 4.52. The first kappa shape index (κ1) is 26.0. The van der Waals surface area contributed by atoms with Gasteiger partial charge < -0.3 is 23.8 Å². The lowest BCUT2D eigenvalue weighted by molar-refractivity contribution is 0.0512. The van der Waals surface area contributed by atoms with Crippen LogP contribution in [0.2, 0.25) is 0 Å². The molecule has 39 heavy (non-hydrogen) atoms. The third-order valence-corrected chi connectivity index (χ3v) is 7.66. The molecule has 2 aromatic heterocycles. The van der Waals surface area contributed by atoms with Crippen LogP contribution in [0, 0.1) is 11.6 Å². The van der Waals surface area contributed by atoms with E-state index >= 15 is 8.78 Å². The number of ether oxygens (including phenoxy) is 4. The van der Waals surface area contributed by atoms with Gasteiger partial charge >= 0.3 is 0 Å². The molecule has 1 fully saturated rings. The molecular formula is C28H28F2N4O4S. The van der Waals surface area contributed by atoms with Crippen LogP contribution in [-0.4, -0.2) is 67.5 Å². The zero-order valence-corrected chi connectivity index (χ0v) is 22.7. The predicted octanol–water partition coefficient (Wildman–Crippen LogP) is 5.38. The van der Waals surface area contributed by atoms with E-state index in [4.69, 9.17) is 28.9 Å². The molecule has 0 N–H and O–H groups in total. The van der Waals surface area contributed by atoms with Crippen molar-refractivity contribution in [2.24, 2.45) is 0 Å². The number of aryl methyl sites for hydroxylation is 1. The van der Waals surface area contributed by atoms with E-state index in [0.717, 1.165) is 6.42 Å². The Bertz CT molecular complexity index is 1570. The fourth-order valence-electron chi connectivity index (χ4n) is 5.34. The van der Waals surface area contributed by atoms with Gasteiger partial charge in [-0.1, -0.05) is 24.8 Å². The van der Waals surface area contributed by atoms with Crippen LogP contribution < -0.4 is 14.4 Å². The normalized spacial score (nSPS) is 17.1. The van der Waals surface area contributed by atoms with Gasteiger partial charge in [0, 0.05) is 25.8 Å². The second kappa shape index (κ2) is 10.7. The molecule has 4 heterocycles. The topological polar surface area (TPSA) is 78.8 Å². The molecule has 0 bridgehead atoms. The number of hydrogen-bond donors (Lipinski definition) is 0. The number of thioether (sulfide) groups is 1. The van der Waals surface area contributed by atoms with E-state index in [9.17, 15) is 0 Å². The minimum absolute atomic E-state index is 0.00172. The minimum Gasteiger partial charge on any atom is -0.475 e. The number of rotatable bonds is 6. The molecule has 0 unspecified atom stereocenters. The zero-order valence-electron chi connectivity index (χ0n) is 21.9. The number of benzene rings is 2. The van der Waals surface area contributed by atoms with Crippen molar-refractivity contribution in [2.45, 2.75) is 31.0 Å². The number of hydrogen-bond acceptors (Lipinski definition) is 9. The smallest absolute Gasteiger partial charge is 0.227 e. The first-order valence-electron chi connectivity index (χ1n) is 12.8. The summed E-state index contributed by atoms with van der Waals surface area (Å²) in [6, 6.07) is 6.42. The standard InChI is InChI=1S/C28H28F2N4O4S/c1-4-18-20(29)7-6-15-10-17(38-14-35-2)11-19(21(15)18)24-23(30)25-22-26(33-28(32-25)39-3)34-8-5-9-36-12-16(34)13-37-27(22)31-24/h6-7,10-11,16H,4-5,8-9,12-14H2,1-3H3/t16-/m0/s1. The van der Waals surface area contributed by atoms with E-state index in [1.165, 1.54) is 24.9 Å². The van der Waals surface area contributed by atoms with Gasteiger partial charge in [-0.2, -0.15) is 0 Å². The van der Waals surface area contributed by atoms with Crippen molar-refractivity contribution in [3.63, 3.8) is 0 Å². The van der Waals surface area contributed by atoms with Gasteiger partial charge in [0.1, 0.15) is 40.6 Å². The fourth-order valence-corrected chi connectivity index (χ4v) is 5.70. The molecule has 11 heteroatoms. The van der Waals surface area contributed by atoms with Crippen molar-refractivity contribution in [3.05, 3.63) is 41.5 Å². The maximum atomic E-state index is 16.7. The van der Waals surface area contributed by atoms with Gasteiger partial charge in [-0.3, -0.25) is 0 Å². The number of nitrogens with zero attached hydrogens (tertiary/aromatic N) is 4. The van der Waals surface area contributed by atoms with Gasteiger partial charge in [-0.25, -0.2) is 23.7 Å². The molecule has 0 amide bonds. The Morgan fingerprint density at radius 3 is 2.79 bits per heavy atom. The summed E-state index contributed by atoms with van der Waals surface area (Å²) >= 11 is 1.34. The third-order valence-electron chi connectivity index (χ3n) is 7.11. The summed E-state index contributed by atoms with van der Waals surface area (Å²) in [7, 11) is 1.52. The Labute approximate surface area is 228 Å². The van der Waals surface area contributed by atoms with E-state index < -0.39 is 5.82 Å². The Morgan fingerprint density at radius 1 is 1.13 bits per heavy atom. The molecular weight excluding hydrogens is 526 g/mol. The van der Waals surface area contributed by atoms with E-state index in [1.54, 1.807) is 18.2 Å². The highest BCUT2D eigenvalue weighted by Gasteiger charge is 2.33. The second-order valence-electron chi connectivity index (χ2n) is 9.42. The maximum Gasteiger partial charge on any atom is 0.227 e. The lowest BCUT2D eigenvalue weighted by Crippen LogP contribution is -2.41. The average Bonchev–Trinajstić information content (AvgIpc) is 3.27. The molecule has 1 saturated heterocycles. The largest absolute Gasteiger partial charge is 0.475 e. The zero-order chi connectivity index (χ0) is 27.1. The van der Waals surface area contributed by atoms with Gasteiger partial charge in [0.05, 0.1) is 12.6 Å². The summed E-state index contributed by atoms with van der Waals surface area (Å²) in [4.78, 5) is 16.2. The highest BCUT2D eigenvalue weighted by molar-refractivity contribution is 7.98. The van der Waals surface area contributed by atoms with Crippen molar-refractivity contribution in [1.29, 1.82) is 0 Å². The van der Waals surface area contributed by atoms with E-state index in [2.05, 4.69) is 9.88 Å². The molecule has 204 valence electrons. The lowest BCUT2D eigenvalue weighted by atomic mass is 9.94. The van der Waals surface area contributed by atoms with Gasteiger partial charge in [0.25, 0.3) is 0 Å². The second-order valence-corrected chi connectivity index (χ2v) is 10.2. The number of pyridine rings is 1. The highest BCUT2D eigenvalue weighted by Crippen LogP contribution is 2.43. The van der Waals surface area contributed by atoms with Crippen LogP contribution >= 0.6 is 11.8 Å². The molecule has 6 rings (SSSR count). The quantitative estimate of drug-likeness (QED) is 0.177. The van der Waals surface area contributed by atoms with Crippen molar-refractivity contribution in [2.75, 3.05) is 51.4 Å². The Morgan fingerprint density at radius 2 is 2.00 bits per heavy atom. The monoisotopic (exact) mass is 554 g/mol. The van der Waals surface area contributed by atoms with Crippen LogP contribution in [-0.2, 0) is 15.9 Å². The maximum absolute atomic E-state index is 16.7. The van der Waals surface area contributed by atoms with Crippen LogP contribution in [0.4, 0.5) is 14.6 Å². The van der Waals surface area contributed by atoms with Gasteiger partial charge in [0.2, 0.25) is 5.88 Å². The molecule has 1 atom stereocenters. The van der Waals surface area contributed by atoms with Crippen molar-refractivity contribution in [1.82, 2.24) is 15.0 Å². The highest BCUT2D eigenvalue weighted by atomic mass is 32.2. The Balaban J connectivity index is 1.66. The van der Waals surface area contributed by atoms with E-state index in [0.29, 0.717) is 76.8 Å². The van der Waals surface area contributed by atoms with Crippen LogP contribution in [0.1, 0.15) is 18.9 Å². The molecule has 0 radical (unpaired) electrons. The number of aromatic nitrogens is 3. The Kier molecular flexibility index (Phi) is 7.13. The van der Waals surface area contributed by atoms with Crippen LogP contribution in [0.5, 0.6) is 11.6 Å². The predicted molar refractivity (Wildman–Crippen MR) is 146 cm³/mol. The number of halogens is 2. The molecule has 2 aromatic carbocycles. The fraction of sp³-hybridized carbons (Fsp3) is 0.393. The van der Waals surface area contributed by atoms with Crippen molar-refractivity contribution < 1.29 is 27.7 Å².